The van der Waals surface area contributed by atoms with Gasteiger partial charge in [-0.25, -0.2) is 13.1 Å². The Hall–Kier alpha value is -0.960. The van der Waals surface area contributed by atoms with Crippen molar-refractivity contribution in [2.24, 2.45) is 5.73 Å². The van der Waals surface area contributed by atoms with Crippen LogP contribution < -0.4 is 15.8 Å². The number of benzene rings is 1. The molecule has 1 rings (SSSR count). The average Bonchev–Trinajstić information content (AvgIpc) is 2.31. The summed E-state index contributed by atoms with van der Waals surface area (Å²) in [7, 11) is -3.64. The third-order valence-corrected chi connectivity index (χ3v) is 4.96. The standard InChI is InChI=1S/C12H18BrN3O3S/c1-7-4-11(15-9(3)17)10(13)5-12(7)20(18,19)16-8(2)6-14/h4-5,8,16H,6,14H2,1-3H3,(H,15,17)/t8-/m0/s1. The van der Waals surface area contributed by atoms with Gasteiger partial charge in [-0.2, -0.15) is 0 Å². The highest BCUT2D eigenvalue weighted by Gasteiger charge is 2.20. The zero-order chi connectivity index (χ0) is 15.5. The van der Waals surface area contributed by atoms with E-state index in [-0.39, 0.29) is 23.4 Å². The number of nitrogens with two attached hydrogens (primary N) is 1. The van der Waals surface area contributed by atoms with E-state index < -0.39 is 10.0 Å². The molecule has 0 unspecified atom stereocenters. The molecule has 6 nitrogen and oxygen atoms in total. The number of carbonyl (C=O) groups is 1. The first kappa shape index (κ1) is 17.1. The molecule has 0 saturated heterocycles. The van der Waals surface area contributed by atoms with Crippen molar-refractivity contribution in [1.29, 1.82) is 0 Å². The van der Waals surface area contributed by atoms with Crippen LogP contribution in [0.3, 0.4) is 0 Å². The fourth-order valence-corrected chi connectivity index (χ4v) is 3.72. The van der Waals surface area contributed by atoms with Gasteiger partial charge in [-0.05, 0) is 47.5 Å². The second-order valence-corrected chi connectivity index (χ2v) is 7.07. The molecular formula is C12H18BrN3O3S. The average molecular weight is 364 g/mol. The summed E-state index contributed by atoms with van der Waals surface area (Å²) in [6.07, 6.45) is 0. The van der Waals surface area contributed by atoms with Gasteiger partial charge in [-0.15, -0.1) is 0 Å². The molecule has 0 aliphatic carbocycles. The Labute approximate surface area is 127 Å². The number of carbonyl (C=O) groups excluding carboxylic acids is 1. The van der Waals surface area contributed by atoms with Gasteiger partial charge in [0.1, 0.15) is 0 Å². The molecule has 0 radical (unpaired) electrons. The Kier molecular flexibility index (Phi) is 5.69. The maximum absolute atomic E-state index is 12.2. The maximum Gasteiger partial charge on any atom is 0.241 e. The predicted molar refractivity (Wildman–Crippen MR) is 82.0 cm³/mol. The van der Waals surface area contributed by atoms with Gasteiger partial charge < -0.3 is 11.1 Å². The summed E-state index contributed by atoms with van der Waals surface area (Å²) in [6.45, 7) is 4.95. The summed E-state index contributed by atoms with van der Waals surface area (Å²) in [5, 5.41) is 2.62. The van der Waals surface area contributed by atoms with Crippen molar-refractivity contribution < 1.29 is 13.2 Å². The molecule has 0 spiro atoms. The Balaban J connectivity index is 3.21. The summed E-state index contributed by atoms with van der Waals surface area (Å²) in [6, 6.07) is 2.72. The minimum Gasteiger partial charge on any atom is -0.329 e. The molecule has 0 saturated carbocycles. The van der Waals surface area contributed by atoms with Gasteiger partial charge in [0, 0.05) is 24.0 Å². The Morgan fingerprint density at radius 2 is 2.05 bits per heavy atom. The number of halogens is 1. The van der Waals surface area contributed by atoms with E-state index in [1.54, 1.807) is 19.9 Å². The van der Waals surface area contributed by atoms with Gasteiger partial charge in [0.25, 0.3) is 0 Å². The molecule has 1 aromatic carbocycles. The van der Waals surface area contributed by atoms with Gasteiger partial charge >= 0.3 is 0 Å². The lowest BCUT2D eigenvalue weighted by atomic mass is 10.2. The summed E-state index contributed by atoms with van der Waals surface area (Å²) >= 11 is 3.25. The largest absolute Gasteiger partial charge is 0.329 e. The molecule has 0 bridgehead atoms. The monoisotopic (exact) mass is 363 g/mol. The molecule has 0 heterocycles. The van der Waals surface area contributed by atoms with Crippen molar-refractivity contribution in [3.05, 3.63) is 22.2 Å². The highest BCUT2D eigenvalue weighted by Crippen LogP contribution is 2.29. The van der Waals surface area contributed by atoms with Gasteiger partial charge in [0.15, 0.2) is 0 Å². The lowest BCUT2D eigenvalue weighted by Gasteiger charge is -2.15. The third-order valence-electron chi connectivity index (χ3n) is 2.57. The maximum atomic E-state index is 12.2. The van der Waals surface area contributed by atoms with Crippen LogP contribution in [0.2, 0.25) is 0 Å². The molecule has 112 valence electrons. The van der Waals surface area contributed by atoms with E-state index in [1.807, 2.05) is 0 Å². The van der Waals surface area contributed by atoms with Crippen LogP contribution in [-0.4, -0.2) is 26.9 Å². The van der Waals surface area contributed by atoms with Gasteiger partial charge in [0.05, 0.1) is 10.6 Å². The lowest BCUT2D eigenvalue weighted by molar-refractivity contribution is -0.114. The Bertz CT molecular complexity index is 617. The van der Waals surface area contributed by atoms with Crippen LogP contribution in [0.25, 0.3) is 0 Å². The zero-order valence-corrected chi connectivity index (χ0v) is 13.9. The van der Waals surface area contributed by atoms with Crippen molar-refractivity contribution >= 4 is 37.5 Å². The van der Waals surface area contributed by atoms with Crippen LogP contribution >= 0.6 is 15.9 Å². The zero-order valence-electron chi connectivity index (χ0n) is 11.5. The van der Waals surface area contributed by atoms with E-state index in [0.717, 1.165) is 0 Å². The normalized spacial score (nSPS) is 13.1. The summed E-state index contributed by atoms with van der Waals surface area (Å²) in [5.41, 5.74) is 6.48. The molecule has 4 N–H and O–H groups in total. The fourth-order valence-electron chi connectivity index (χ4n) is 1.61. The quantitative estimate of drug-likeness (QED) is 0.734. The number of hydrogen-bond acceptors (Lipinski definition) is 4. The van der Waals surface area contributed by atoms with Crippen LogP contribution in [-0.2, 0) is 14.8 Å². The van der Waals surface area contributed by atoms with Crippen LogP contribution in [0.4, 0.5) is 5.69 Å². The number of sulfonamides is 1. The number of amides is 1. The second kappa shape index (κ2) is 6.66. The number of nitrogens with one attached hydrogen (secondary N) is 2. The topological polar surface area (TPSA) is 101 Å². The second-order valence-electron chi connectivity index (χ2n) is 4.54. The predicted octanol–water partition coefficient (Wildman–Crippen LogP) is 1.34. The molecule has 1 amide bonds. The molecule has 1 aromatic rings. The van der Waals surface area contributed by atoms with Crippen molar-refractivity contribution in [3.63, 3.8) is 0 Å². The van der Waals surface area contributed by atoms with Gasteiger partial charge in [-0.3, -0.25) is 4.79 Å². The first-order valence-corrected chi connectivity index (χ1v) is 8.25. The molecular weight excluding hydrogens is 346 g/mol. The van der Waals surface area contributed by atoms with E-state index >= 15 is 0 Å². The number of rotatable bonds is 5. The molecule has 0 aliphatic rings. The van der Waals surface area contributed by atoms with Crippen LogP contribution in [0.5, 0.6) is 0 Å². The smallest absolute Gasteiger partial charge is 0.241 e. The first-order valence-electron chi connectivity index (χ1n) is 5.97. The van der Waals surface area contributed by atoms with Crippen molar-refractivity contribution in [2.45, 2.75) is 31.7 Å². The Morgan fingerprint density at radius 1 is 1.45 bits per heavy atom. The Morgan fingerprint density at radius 3 is 2.55 bits per heavy atom. The first-order chi connectivity index (χ1) is 9.17. The van der Waals surface area contributed by atoms with Crippen molar-refractivity contribution in [1.82, 2.24) is 4.72 Å². The van der Waals surface area contributed by atoms with Crippen LogP contribution in [0.15, 0.2) is 21.5 Å². The lowest BCUT2D eigenvalue weighted by Crippen LogP contribution is -2.38. The van der Waals surface area contributed by atoms with Crippen molar-refractivity contribution in [3.8, 4) is 0 Å². The summed E-state index contributed by atoms with van der Waals surface area (Å²) in [5.74, 6) is -0.226. The molecule has 0 fully saturated rings. The van der Waals surface area contributed by atoms with E-state index in [2.05, 4.69) is 26.0 Å². The molecule has 1 atom stereocenters. The van der Waals surface area contributed by atoms with E-state index in [4.69, 9.17) is 5.73 Å². The molecule has 0 aliphatic heterocycles. The van der Waals surface area contributed by atoms with Crippen LogP contribution in [0, 0.1) is 6.92 Å². The number of anilines is 1. The minimum atomic E-state index is -3.64. The summed E-state index contributed by atoms with van der Waals surface area (Å²) in [4.78, 5) is 11.2. The highest BCUT2D eigenvalue weighted by molar-refractivity contribution is 9.10. The highest BCUT2D eigenvalue weighted by atomic mass is 79.9. The fraction of sp³-hybridized carbons (Fsp3) is 0.417. The molecule has 20 heavy (non-hydrogen) atoms. The third kappa shape index (κ3) is 4.27. The molecule has 0 aromatic heterocycles. The molecule has 8 heteroatoms. The minimum absolute atomic E-state index is 0.152. The van der Waals surface area contributed by atoms with Gasteiger partial charge in [0.2, 0.25) is 15.9 Å². The number of aryl methyl sites for hydroxylation is 1. The summed E-state index contributed by atoms with van der Waals surface area (Å²) < 4.78 is 27.5. The number of hydrogen-bond donors (Lipinski definition) is 3. The SMILES string of the molecule is CC(=O)Nc1cc(C)c(S(=O)(=O)N[C@@H](C)CN)cc1Br. The van der Waals surface area contributed by atoms with Crippen molar-refractivity contribution in [2.75, 3.05) is 11.9 Å². The van der Waals surface area contributed by atoms with Gasteiger partial charge in [-0.1, -0.05) is 0 Å². The van der Waals surface area contributed by atoms with E-state index in [9.17, 15) is 13.2 Å². The van der Waals surface area contributed by atoms with Crippen LogP contribution in [0.1, 0.15) is 19.4 Å². The van der Waals surface area contributed by atoms with E-state index in [0.29, 0.717) is 15.7 Å². The van der Waals surface area contributed by atoms with E-state index in [1.165, 1.54) is 13.0 Å².